The third-order valence-electron chi connectivity index (χ3n) is 0. The van der Waals surface area contributed by atoms with E-state index in [1.807, 2.05) is 0 Å². The fraction of sp³-hybridized carbons (Fsp3) is 0.750. The Morgan fingerprint density at radius 3 is 0.333 bits per heavy atom. The van der Waals surface area contributed by atoms with E-state index in [-0.39, 0.29) is 144 Å². The quantitative estimate of drug-likeness (QED) is 0.340. The van der Waals surface area contributed by atoms with Gasteiger partial charge in [0.05, 0.1) is 0 Å². The van der Waals surface area contributed by atoms with Crippen LogP contribution in [-0.2, 0) is 0 Å². The van der Waals surface area contributed by atoms with Crippen molar-refractivity contribution in [3.63, 3.8) is 0 Å². The zero-order valence-corrected chi connectivity index (χ0v) is 8.59. The summed E-state index contributed by atoms with van der Waals surface area (Å²) in [5.41, 5.74) is 0. The molecule has 0 atom stereocenters. The van der Waals surface area contributed by atoms with E-state index in [1.165, 1.54) is 0 Å². The first-order chi connectivity index (χ1) is 0. The van der Waals surface area contributed by atoms with Gasteiger partial charge < -0.3 is 24.3 Å². The molecule has 0 amide bonds. The van der Waals surface area contributed by atoms with Crippen LogP contribution in [0.5, 0.6) is 0 Å². The van der Waals surface area contributed by atoms with Gasteiger partial charge in [0.2, 0.25) is 0 Å². The van der Waals surface area contributed by atoms with Crippen molar-refractivity contribution in [1.29, 1.82) is 0 Å². The average Bonchev–Trinajstić information content (AvgIpc) is 0. The molecule has 0 bridgehead atoms. The third kappa shape index (κ3) is 283. The largest absolute Gasteiger partial charge is 2.00 e. The van der Waals surface area contributed by atoms with E-state index < -0.39 is 0 Å². The Labute approximate surface area is 142 Å². The molecule has 12 heavy (non-hydrogen) atoms. The van der Waals surface area contributed by atoms with Crippen LogP contribution in [0.2, 0.25) is 0 Å². The van der Waals surface area contributed by atoms with Gasteiger partial charge in [-0.3, -0.25) is 0 Å². The van der Waals surface area contributed by atoms with E-state index in [2.05, 4.69) is 0 Å². The number of hydrogen-bond acceptors (Lipinski definition) is 0. The summed E-state index contributed by atoms with van der Waals surface area (Å²) < 4.78 is 0. The molecule has 0 aliphatic rings. The predicted molar refractivity (Wildman–Crippen MR) is 64.7 cm³/mol. The molecule has 0 aliphatic carbocycles. The molecule has 0 aromatic carbocycles. The van der Waals surface area contributed by atoms with Crippen molar-refractivity contribution >= 4 is 75.5 Å². The van der Waals surface area contributed by atoms with Crippen LogP contribution in [0.15, 0.2) is 0 Å². The second-order valence-electron chi connectivity index (χ2n) is 0. The van der Waals surface area contributed by atoms with Gasteiger partial charge in [0.1, 0.15) is 0 Å². The van der Waals surface area contributed by atoms with E-state index in [4.69, 9.17) is 0 Å². The SMILES string of the molecule is C.C.C.C.C.C.[CH3-].[CH3-].[Ca+2].[Ca+2].[F-].[F-]. The van der Waals surface area contributed by atoms with Gasteiger partial charge in [0.25, 0.3) is 0 Å². The molecular weight excluding hydrogens is 214 g/mol. The molecule has 0 saturated carbocycles. The van der Waals surface area contributed by atoms with E-state index in [1.54, 1.807) is 0 Å². The van der Waals surface area contributed by atoms with Crippen molar-refractivity contribution in [1.82, 2.24) is 0 Å². The summed E-state index contributed by atoms with van der Waals surface area (Å²) in [4.78, 5) is 0. The molecule has 0 aromatic rings. The van der Waals surface area contributed by atoms with E-state index >= 15 is 0 Å². The van der Waals surface area contributed by atoms with Crippen LogP contribution in [0, 0.1) is 14.9 Å². The predicted octanol–water partition coefficient (Wildman–Crippen LogP) is -2.04. The number of hydrogen-bond donors (Lipinski definition) is 0. The van der Waals surface area contributed by atoms with Gasteiger partial charge in [0, 0.05) is 0 Å². The van der Waals surface area contributed by atoms with Crippen LogP contribution in [0.25, 0.3) is 0 Å². The normalized spacial score (nSPS) is 0. The molecule has 0 rings (SSSR count). The molecule has 0 N–H and O–H groups in total. The van der Waals surface area contributed by atoms with Crippen molar-refractivity contribution in [2.24, 2.45) is 0 Å². The van der Waals surface area contributed by atoms with Crippen molar-refractivity contribution in [3.8, 4) is 0 Å². The monoisotopic (exact) mass is 244 g/mol. The minimum absolute atomic E-state index is 0. The summed E-state index contributed by atoms with van der Waals surface area (Å²) >= 11 is 0. The summed E-state index contributed by atoms with van der Waals surface area (Å²) in [5, 5.41) is 0. The zero-order valence-electron chi connectivity index (χ0n) is 4.17. The fourth-order valence-corrected chi connectivity index (χ4v) is 0. The summed E-state index contributed by atoms with van der Waals surface area (Å²) in [6.07, 6.45) is 0. The third-order valence-corrected chi connectivity index (χ3v) is 0. The first kappa shape index (κ1) is 455. The van der Waals surface area contributed by atoms with Crippen LogP contribution in [0.1, 0.15) is 44.6 Å². The Morgan fingerprint density at radius 1 is 0.333 bits per heavy atom. The molecule has 0 fully saturated rings. The number of rotatable bonds is 0. The van der Waals surface area contributed by atoms with Gasteiger partial charge in [0.15, 0.2) is 0 Å². The van der Waals surface area contributed by atoms with Crippen LogP contribution in [-0.4, -0.2) is 75.5 Å². The summed E-state index contributed by atoms with van der Waals surface area (Å²) in [7, 11) is 0. The van der Waals surface area contributed by atoms with Crippen LogP contribution in [0.4, 0.5) is 0 Å². The second-order valence-corrected chi connectivity index (χ2v) is 0. The maximum absolute atomic E-state index is 0. The van der Waals surface area contributed by atoms with Crippen LogP contribution in [0.3, 0.4) is 0 Å². The maximum Gasteiger partial charge on any atom is 2.00 e. The molecular formula is C8H30Ca2F2. The van der Waals surface area contributed by atoms with Gasteiger partial charge in [-0.15, -0.1) is 0 Å². The van der Waals surface area contributed by atoms with Gasteiger partial charge in [-0.25, -0.2) is 0 Å². The van der Waals surface area contributed by atoms with E-state index in [0.717, 1.165) is 0 Å². The second kappa shape index (κ2) is 362. The molecule has 0 nitrogen and oxygen atoms in total. The summed E-state index contributed by atoms with van der Waals surface area (Å²) in [6.45, 7) is 0. The fourth-order valence-electron chi connectivity index (χ4n) is 0. The number of halogens is 2. The topological polar surface area (TPSA) is 0 Å². The van der Waals surface area contributed by atoms with Crippen molar-refractivity contribution in [2.75, 3.05) is 0 Å². The standard InChI is InChI=1S/6CH4.2CH3.2Ca.2FH/h6*1H4;2*1H3;;;2*1H/q;;;;;;2*-1;2*+2;;/p-2. The van der Waals surface area contributed by atoms with Gasteiger partial charge in [-0.2, -0.15) is 0 Å². The molecule has 4 heteroatoms. The molecule has 0 aliphatic heterocycles. The molecule has 0 radical (unpaired) electrons. The first-order valence-electron chi connectivity index (χ1n) is 0. The van der Waals surface area contributed by atoms with E-state index in [0.29, 0.717) is 0 Å². The molecule has 0 unspecified atom stereocenters. The molecule has 0 saturated heterocycles. The Morgan fingerprint density at radius 2 is 0.333 bits per heavy atom. The average molecular weight is 244 g/mol. The molecule has 80 valence electrons. The summed E-state index contributed by atoms with van der Waals surface area (Å²) in [5.74, 6) is 0. The smallest absolute Gasteiger partial charge is 1.00 e. The van der Waals surface area contributed by atoms with Gasteiger partial charge in [-0.1, -0.05) is 44.6 Å². The Balaban J connectivity index is 0. The molecule has 0 spiro atoms. The summed E-state index contributed by atoms with van der Waals surface area (Å²) in [6, 6.07) is 0. The van der Waals surface area contributed by atoms with Crippen LogP contribution >= 0.6 is 0 Å². The Bertz CT molecular complexity index is 15.0. The molecule has 0 heterocycles. The van der Waals surface area contributed by atoms with Crippen molar-refractivity contribution in [2.45, 2.75) is 44.6 Å². The Kier molecular flexibility index (Phi) is 13700. The zero-order chi connectivity index (χ0) is 0. The van der Waals surface area contributed by atoms with Crippen molar-refractivity contribution < 1.29 is 9.41 Å². The van der Waals surface area contributed by atoms with Crippen molar-refractivity contribution in [3.05, 3.63) is 14.9 Å². The van der Waals surface area contributed by atoms with Gasteiger partial charge in [-0.05, 0) is 0 Å². The minimum Gasteiger partial charge on any atom is -1.00 e. The minimum atomic E-state index is 0. The first-order valence-corrected chi connectivity index (χ1v) is 0. The van der Waals surface area contributed by atoms with E-state index in [9.17, 15) is 0 Å². The maximum atomic E-state index is 0. The van der Waals surface area contributed by atoms with Crippen LogP contribution < -0.4 is 9.41 Å². The molecule has 0 aromatic heterocycles. The van der Waals surface area contributed by atoms with Gasteiger partial charge >= 0.3 is 75.5 Å². The Hall–Kier alpha value is 2.38.